The second-order valence-electron chi connectivity index (χ2n) is 5.21. The second kappa shape index (κ2) is 5.21. The van der Waals surface area contributed by atoms with E-state index in [0.29, 0.717) is 11.9 Å². The Balaban J connectivity index is 1.65. The number of hydrogen-bond acceptors (Lipinski definition) is 4. The first-order chi connectivity index (χ1) is 9.54. The van der Waals surface area contributed by atoms with E-state index in [4.69, 9.17) is 0 Å². The van der Waals surface area contributed by atoms with Gasteiger partial charge in [-0.05, 0) is 12.1 Å². The van der Waals surface area contributed by atoms with E-state index in [0.717, 1.165) is 45.3 Å². The second-order valence-corrected chi connectivity index (χ2v) is 5.21. The Morgan fingerprint density at radius 3 is 2.35 bits per heavy atom. The average Bonchev–Trinajstić information content (AvgIpc) is 2.37. The van der Waals surface area contributed by atoms with E-state index in [1.807, 2.05) is 4.90 Å². The van der Waals surface area contributed by atoms with Crippen LogP contribution in [0.2, 0.25) is 0 Å². The summed E-state index contributed by atoms with van der Waals surface area (Å²) in [6, 6.07) is 4.68. The fourth-order valence-corrected chi connectivity index (χ4v) is 2.61. The molecule has 2 saturated heterocycles. The molecule has 0 atom stereocenters. The first-order valence-electron chi connectivity index (χ1n) is 6.78. The molecule has 0 aliphatic carbocycles. The monoisotopic (exact) mass is 286 g/mol. The molecule has 7 heteroatoms. The Kier molecular flexibility index (Phi) is 3.55. The fraction of sp³-hybridized carbons (Fsp3) is 0.615. The maximum absolute atomic E-state index is 12.7. The zero-order chi connectivity index (χ0) is 14.2. The van der Waals surface area contributed by atoms with Crippen LogP contribution in [0.5, 0.6) is 0 Å². The maximum atomic E-state index is 12.7. The molecule has 0 amide bonds. The van der Waals surface area contributed by atoms with Crippen molar-refractivity contribution in [1.29, 1.82) is 0 Å². The van der Waals surface area contributed by atoms with Crippen LogP contribution >= 0.6 is 0 Å². The summed E-state index contributed by atoms with van der Waals surface area (Å²) in [5.41, 5.74) is -0.819. The SMILES string of the molecule is FC(F)(F)c1cccc(N2CCN(C3CNC3)CC2)n1. The number of rotatable bonds is 2. The van der Waals surface area contributed by atoms with Crippen molar-refractivity contribution in [2.24, 2.45) is 0 Å². The first kappa shape index (κ1) is 13.6. The van der Waals surface area contributed by atoms with Crippen LogP contribution in [0.4, 0.5) is 19.0 Å². The zero-order valence-corrected chi connectivity index (χ0v) is 11.0. The molecule has 0 aromatic carbocycles. The molecule has 4 nitrogen and oxygen atoms in total. The van der Waals surface area contributed by atoms with E-state index in [9.17, 15) is 13.2 Å². The molecule has 20 heavy (non-hydrogen) atoms. The van der Waals surface area contributed by atoms with Crippen molar-refractivity contribution in [3.8, 4) is 0 Å². The Bertz CT molecular complexity index is 465. The van der Waals surface area contributed by atoms with Gasteiger partial charge in [-0.25, -0.2) is 4.98 Å². The highest BCUT2D eigenvalue weighted by Gasteiger charge is 2.33. The van der Waals surface area contributed by atoms with Crippen LogP contribution in [-0.4, -0.2) is 55.2 Å². The molecule has 3 rings (SSSR count). The number of anilines is 1. The molecule has 0 spiro atoms. The predicted octanol–water partition coefficient (Wildman–Crippen LogP) is 1.19. The van der Waals surface area contributed by atoms with Crippen LogP contribution in [0.1, 0.15) is 5.69 Å². The number of hydrogen-bond donors (Lipinski definition) is 1. The quantitative estimate of drug-likeness (QED) is 0.885. The molecular formula is C13H17F3N4. The molecule has 1 aromatic heterocycles. The summed E-state index contributed by atoms with van der Waals surface area (Å²) in [7, 11) is 0. The van der Waals surface area contributed by atoms with Gasteiger partial charge in [0, 0.05) is 45.3 Å². The van der Waals surface area contributed by atoms with Crippen molar-refractivity contribution in [3.63, 3.8) is 0 Å². The van der Waals surface area contributed by atoms with Crippen LogP contribution in [0.3, 0.4) is 0 Å². The van der Waals surface area contributed by atoms with Crippen LogP contribution in [0, 0.1) is 0 Å². The largest absolute Gasteiger partial charge is 0.433 e. The summed E-state index contributed by atoms with van der Waals surface area (Å²) in [6.07, 6.45) is -4.38. The summed E-state index contributed by atoms with van der Waals surface area (Å²) in [5, 5.41) is 3.23. The van der Waals surface area contributed by atoms with Crippen molar-refractivity contribution in [1.82, 2.24) is 15.2 Å². The van der Waals surface area contributed by atoms with Crippen molar-refractivity contribution < 1.29 is 13.2 Å². The average molecular weight is 286 g/mol. The van der Waals surface area contributed by atoms with Crippen molar-refractivity contribution in [2.75, 3.05) is 44.2 Å². The molecule has 2 aliphatic heterocycles. The van der Waals surface area contributed by atoms with Gasteiger partial charge in [0.25, 0.3) is 0 Å². The summed E-state index contributed by atoms with van der Waals surface area (Å²) in [5.74, 6) is 0.422. The van der Waals surface area contributed by atoms with Gasteiger partial charge in [0.15, 0.2) is 0 Å². The Labute approximate surface area is 115 Å². The van der Waals surface area contributed by atoms with Gasteiger partial charge >= 0.3 is 6.18 Å². The normalized spacial score (nSPS) is 21.9. The van der Waals surface area contributed by atoms with Crippen molar-refractivity contribution in [3.05, 3.63) is 23.9 Å². The molecule has 110 valence electrons. The highest BCUT2D eigenvalue weighted by atomic mass is 19.4. The first-order valence-corrected chi connectivity index (χ1v) is 6.78. The van der Waals surface area contributed by atoms with Gasteiger partial charge in [-0.15, -0.1) is 0 Å². The fourth-order valence-electron chi connectivity index (χ4n) is 2.61. The molecule has 0 radical (unpaired) electrons. The Hall–Kier alpha value is -1.34. The van der Waals surface area contributed by atoms with E-state index in [1.165, 1.54) is 6.07 Å². The Morgan fingerprint density at radius 2 is 1.80 bits per heavy atom. The van der Waals surface area contributed by atoms with Gasteiger partial charge in [-0.2, -0.15) is 13.2 Å². The summed E-state index contributed by atoms with van der Waals surface area (Å²) >= 11 is 0. The number of alkyl halides is 3. The van der Waals surface area contributed by atoms with E-state index in [-0.39, 0.29) is 0 Å². The number of nitrogens with one attached hydrogen (secondary N) is 1. The van der Waals surface area contributed by atoms with E-state index in [1.54, 1.807) is 6.07 Å². The zero-order valence-electron chi connectivity index (χ0n) is 11.0. The lowest BCUT2D eigenvalue weighted by Gasteiger charge is -2.43. The van der Waals surface area contributed by atoms with Crippen molar-refractivity contribution >= 4 is 5.82 Å². The molecule has 2 fully saturated rings. The minimum Gasteiger partial charge on any atom is -0.354 e. The molecule has 0 bridgehead atoms. The molecule has 1 aromatic rings. The van der Waals surface area contributed by atoms with Crippen LogP contribution in [0.25, 0.3) is 0 Å². The van der Waals surface area contributed by atoms with Crippen molar-refractivity contribution in [2.45, 2.75) is 12.2 Å². The molecular weight excluding hydrogens is 269 g/mol. The minimum absolute atomic E-state index is 0.422. The van der Waals surface area contributed by atoms with E-state index < -0.39 is 11.9 Å². The van der Waals surface area contributed by atoms with E-state index in [2.05, 4.69) is 15.2 Å². The van der Waals surface area contributed by atoms with Crippen LogP contribution in [0.15, 0.2) is 18.2 Å². The molecule has 0 unspecified atom stereocenters. The lowest BCUT2D eigenvalue weighted by atomic mass is 10.1. The third-order valence-electron chi connectivity index (χ3n) is 3.94. The third-order valence-corrected chi connectivity index (χ3v) is 3.94. The number of piperazine rings is 1. The molecule has 1 N–H and O–H groups in total. The third kappa shape index (κ3) is 2.73. The van der Waals surface area contributed by atoms with Gasteiger partial charge < -0.3 is 10.2 Å². The summed E-state index contributed by atoms with van der Waals surface area (Å²) in [4.78, 5) is 8.06. The maximum Gasteiger partial charge on any atom is 0.433 e. The molecule has 3 heterocycles. The standard InChI is InChI=1S/C13H17F3N4/c14-13(15,16)11-2-1-3-12(18-11)20-6-4-19(5-7-20)10-8-17-9-10/h1-3,10,17H,4-9H2. The lowest BCUT2D eigenvalue weighted by molar-refractivity contribution is -0.141. The van der Waals surface area contributed by atoms with Gasteiger partial charge in [0.1, 0.15) is 11.5 Å². The molecule has 0 saturated carbocycles. The summed E-state index contributed by atoms with van der Waals surface area (Å²) < 4.78 is 38.0. The number of nitrogens with zero attached hydrogens (tertiary/aromatic N) is 3. The minimum atomic E-state index is -4.38. The van der Waals surface area contributed by atoms with Gasteiger partial charge in [-0.1, -0.05) is 6.07 Å². The van der Waals surface area contributed by atoms with Gasteiger partial charge in [0.05, 0.1) is 0 Å². The Morgan fingerprint density at radius 1 is 1.10 bits per heavy atom. The predicted molar refractivity (Wildman–Crippen MR) is 69.7 cm³/mol. The topological polar surface area (TPSA) is 31.4 Å². The smallest absolute Gasteiger partial charge is 0.354 e. The van der Waals surface area contributed by atoms with Gasteiger partial charge in [-0.3, -0.25) is 4.90 Å². The number of aromatic nitrogens is 1. The van der Waals surface area contributed by atoms with Crippen LogP contribution < -0.4 is 10.2 Å². The highest BCUT2D eigenvalue weighted by molar-refractivity contribution is 5.40. The molecule has 2 aliphatic rings. The van der Waals surface area contributed by atoms with Gasteiger partial charge in [0.2, 0.25) is 0 Å². The summed E-state index contributed by atoms with van der Waals surface area (Å²) in [6.45, 7) is 5.24. The number of halogens is 3. The highest BCUT2D eigenvalue weighted by Crippen LogP contribution is 2.29. The number of pyridine rings is 1. The lowest BCUT2D eigenvalue weighted by Crippen LogP contribution is -2.61. The van der Waals surface area contributed by atoms with Crippen LogP contribution in [-0.2, 0) is 6.18 Å². The van der Waals surface area contributed by atoms with E-state index >= 15 is 0 Å².